The molecule has 0 spiro atoms. The number of nitrogens with one attached hydrogen (secondary N) is 1. The second-order valence-electron chi connectivity index (χ2n) is 5.30. The maximum atomic E-state index is 12.0. The molecule has 0 radical (unpaired) electrons. The van der Waals surface area contributed by atoms with Crippen molar-refractivity contribution in [2.24, 2.45) is 5.41 Å². The van der Waals surface area contributed by atoms with Crippen LogP contribution < -0.4 is 5.32 Å². The van der Waals surface area contributed by atoms with Gasteiger partial charge in [-0.25, -0.2) is 0 Å². The van der Waals surface area contributed by atoms with E-state index >= 15 is 0 Å². The minimum atomic E-state index is -0.807. The average Bonchev–Trinajstić information content (AvgIpc) is 3.14. The topological polar surface area (TPSA) is 66.4 Å². The van der Waals surface area contributed by atoms with Gasteiger partial charge in [0, 0.05) is 11.2 Å². The Labute approximate surface area is 120 Å². The van der Waals surface area contributed by atoms with E-state index < -0.39 is 11.4 Å². The molecule has 20 heavy (non-hydrogen) atoms. The van der Waals surface area contributed by atoms with Gasteiger partial charge in [-0.2, -0.15) is 0 Å². The number of rotatable bonds is 5. The highest BCUT2D eigenvalue weighted by atomic mass is 32.1. The molecule has 104 valence electrons. The van der Waals surface area contributed by atoms with E-state index in [0.717, 1.165) is 10.9 Å². The number of carboxylic acid groups (broad SMARTS) is 1. The molecule has 5 heteroatoms. The highest BCUT2D eigenvalue weighted by Gasteiger charge is 2.50. The highest BCUT2D eigenvalue weighted by Crippen LogP contribution is 2.45. The van der Waals surface area contributed by atoms with Crippen molar-refractivity contribution >= 4 is 33.3 Å². The normalized spacial score (nSPS) is 16.0. The predicted molar refractivity (Wildman–Crippen MR) is 77.8 cm³/mol. The van der Waals surface area contributed by atoms with E-state index in [1.807, 2.05) is 29.6 Å². The molecular formula is C15H15NO3S. The summed E-state index contributed by atoms with van der Waals surface area (Å²) >= 11 is 1.62. The van der Waals surface area contributed by atoms with Gasteiger partial charge in [0.1, 0.15) is 0 Å². The SMILES string of the molecule is O=C(Cc1csc2ccccc12)NCC1(C(=O)O)CC1. The van der Waals surface area contributed by atoms with Crippen LogP contribution in [0.2, 0.25) is 0 Å². The van der Waals surface area contributed by atoms with Gasteiger partial charge >= 0.3 is 5.97 Å². The largest absolute Gasteiger partial charge is 0.481 e. The van der Waals surface area contributed by atoms with Crippen molar-refractivity contribution in [3.05, 3.63) is 35.2 Å². The van der Waals surface area contributed by atoms with Crippen molar-refractivity contribution in [3.8, 4) is 0 Å². The molecule has 3 rings (SSSR count). The van der Waals surface area contributed by atoms with Gasteiger partial charge < -0.3 is 10.4 Å². The molecule has 1 amide bonds. The molecule has 0 unspecified atom stereocenters. The molecule has 1 saturated carbocycles. The lowest BCUT2D eigenvalue weighted by molar-refractivity contribution is -0.143. The Hall–Kier alpha value is -1.88. The summed E-state index contributed by atoms with van der Waals surface area (Å²) in [6.07, 6.45) is 1.62. The first-order valence-electron chi connectivity index (χ1n) is 6.56. The first-order chi connectivity index (χ1) is 9.61. The summed E-state index contributed by atoms with van der Waals surface area (Å²) in [5.74, 6) is -0.917. The zero-order valence-corrected chi connectivity index (χ0v) is 11.7. The number of carboxylic acids is 1. The first kappa shape index (κ1) is 13.1. The van der Waals surface area contributed by atoms with Crippen LogP contribution in [0.3, 0.4) is 0 Å². The zero-order chi connectivity index (χ0) is 14.2. The quantitative estimate of drug-likeness (QED) is 0.888. The number of fused-ring (bicyclic) bond motifs is 1. The van der Waals surface area contributed by atoms with Gasteiger partial charge in [-0.1, -0.05) is 18.2 Å². The van der Waals surface area contributed by atoms with Gasteiger partial charge in [0.25, 0.3) is 0 Å². The number of benzene rings is 1. The number of carbonyl (C=O) groups is 2. The summed E-state index contributed by atoms with van der Waals surface area (Å²) in [6.45, 7) is 0.239. The Kier molecular flexibility index (Phi) is 3.22. The third-order valence-electron chi connectivity index (χ3n) is 3.84. The van der Waals surface area contributed by atoms with Crippen molar-refractivity contribution < 1.29 is 14.7 Å². The minimum Gasteiger partial charge on any atom is -0.481 e. The van der Waals surface area contributed by atoms with E-state index in [4.69, 9.17) is 5.11 Å². The smallest absolute Gasteiger partial charge is 0.311 e. The van der Waals surface area contributed by atoms with E-state index in [9.17, 15) is 9.59 Å². The Morgan fingerprint density at radius 2 is 2.05 bits per heavy atom. The van der Waals surface area contributed by atoms with Crippen LogP contribution in [-0.2, 0) is 16.0 Å². The monoisotopic (exact) mass is 289 g/mol. The molecule has 0 bridgehead atoms. The van der Waals surface area contributed by atoms with Crippen LogP contribution in [0.25, 0.3) is 10.1 Å². The lowest BCUT2D eigenvalue weighted by Gasteiger charge is -2.10. The van der Waals surface area contributed by atoms with Crippen LogP contribution in [0.5, 0.6) is 0 Å². The van der Waals surface area contributed by atoms with Crippen molar-refractivity contribution in [2.75, 3.05) is 6.54 Å². The van der Waals surface area contributed by atoms with E-state index in [2.05, 4.69) is 5.32 Å². The summed E-state index contributed by atoms with van der Waals surface area (Å²) < 4.78 is 1.17. The fraction of sp³-hybridized carbons (Fsp3) is 0.333. The van der Waals surface area contributed by atoms with Gasteiger partial charge in [0.05, 0.1) is 11.8 Å². The number of aliphatic carboxylic acids is 1. The number of thiophene rings is 1. The van der Waals surface area contributed by atoms with Crippen LogP contribution in [-0.4, -0.2) is 23.5 Å². The van der Waals surface area contributed by atoms with E-state index in [1.165, 1.54) is 4.70 Å². The van der Waals surface area contributed by atoms with Gasteiger partial charge in [0.2, 0.25) is 5.91 Å². The van der Waals surface area contributed by atoms with E-state index in [-0.39, 0.29) is 12.5 Å². The maximum absolute atomic E-state index is 12.0. The van der Waals surface area contributed by atoms with Gasteiger partial charge in [0.15, 0.2) is 0 Å². The molecular weight excluding hydrogens is 274 g/mol. The molecule has 1 aromatic carbocycles. The Bertz CT molecular complexity index is 673. The second kappa shape index (κ2) is 4.90. The third kappa shape index (κ3) is 2.41. The molecule has 0 saturated heterocycles. The number of hydrogen-bond acceptors (Lipinski definition) is 3. The number of hydrogen-bond donors (Lipinski definition) is 2. The van der Waals surface area contributed by atoms with Crippen molar-refractivity contribution in [2.45, 2.75) is 19.3 Å². The van der Waals surface area contributed by atoms with Crippen LogP contribution in [0.4, 0.5) is 0 Å². The van der Waals surface area contributed by atoms with Crippen LogP contribution in [0.15, 0.2) is 29.6 Å². The van der Waals surface area contributed by atoms with Crippen LogP contribution in [0, 0.1) is 5.41 Å². The van der Waals surface area contributed by atoms with Gasteiger partial charge in [-0.05, 0) is 35.2 Å². The third-order valence-corrected chi connectivity index (χ3v) is 4.86. The second-order valence-corrected chi connectivity index (χ2v) is 6.21. The van der Waals surface area contributed by atoms with Crippen molar-refractivity contribution in [1.82, 2.24) is 5.32 Å². The number of amides is 1. The fourth-order valence-corrected chi connectivity index (χ4v) is 3.25. The Morgan fingerprint density at radius 1 is 1.30 bits per heavy atom. The predicted octanol–water partition coefficient (Wildman–Crippen LogP) is 2.42. The van der Waals surface area contributed by atoms with Crippen LogP contribution in [0.1, 0.15) is 18.4 Å². The fourth-order valence-electron chi connectivity index (χ4n) is 2.29. The molecule has 1 heterocycles. The maximum Gasteiger partial charge on any atom is 0.311 e. The lowest BCUT2D eigenvalue weighted by Crippen LogP contribution is -2.34. The summed E-state index contributed by atoms with van der Waals surface area (Å²) in [4.78, 5) is 23.0. The van der Waals surface area contributed by atoms with Crippen LogP contribution >= 0.6 is 11.3 Å². The van der Waals surface area contributed by atoms with Crippen molar-refractivity contribution in [1.29, 1.82) is 0 Å². The molecule has 1 aromatic heterocycles. The summed E-state index contributed by atoms with van der Waals surface area (Å²) in [6, 6.07) is 7.98. The molecule has 1 aliphatic rings. The number of carbonyl (C=O) groups excluding carboxylic acids is 1. The van der Waals surface area contributed by atoms with Gasteiger partial charge in [-0.3, -0.25) is 9.59 Å². The van der Waals surface area contributed by atoms with E-state index in [1.54, 1.807) is 11.3 Å². The molecule has 0 aliphatic heterocycles. The molecule has 2 aromatic rings. The average molecular weight is 289 g/mol. The standard InChI is InChI=1S/C15H15NO3S/c17-13(16-9-15(5-6-15)14(18)19)7-10-8-20-12-4-2-1-3-11(10)12/h1-4,8H,5-7,9H2,(H,16,17)(H,18,19). The molecule has 4 nitrogen and oxygen atoms in total. The van der Waals surface area contributed by atoms with Gasteiger partial charge in [-0.15, -0.1) is 11.3 Å². The highest BCUT2D eigenvalue weighted by molar-refractivity contribution is 7.17. The lowest BCUT2D eigenvalue weighted by atomic mass is 10.1. The zero-order valence-electron chi connectivity index (χ0n) is 10.9. The Balaban J connectivity index is 1.63. The molecule has 1 aliphatic carbocycles. The molecule has 1 fully saturated rings. The first-order valence-corrected chi connectivity index (χ1v) is 7.44. The summed E-state index contributed by atoms with van der Waals surface area (Å²) in [5, 5.41) is 14.9. The van der Waals surface area contributed by atoms with Crippen molar-refractivity contribution in [3.63, 3.8) is 0 Å². The summed E-state index contributed by atoms with van der Waals surface area (Å²) in [5.41, 5.74) is 0.301. The minimum absolute atomic E-state index is 0.110. The molecule has 2 N–H and O–H groups in total. The Morgan fingerprint density at radius 3 is 2.75 bits per heavy atom. The van der Waals surface area contributed by atoms with E-state index in [0.29, 0.717) is 19.3 Å². The molecule has 0 atom stereocenters. The summed E-state index contributed by atoms with van der Waals surface area (Å²) in [7, 11) is 0.